The summed E-state index contributed by atoms with van der Waals surface area (Å²) in [6.45, 7) is 10.3. The summed E-state index contributed by atoms with van der Waals surface area (Å²) in [6.07, 6.45) is 1.69. The molecule has 0 aromatic rings. The second kappa shape index (κ2) is 4.00. The number of rotatable bonds is 1. The molecule has 2 aliphatic rings. The fourth-order valence-electron chi connectivity index (χ4n) is 3.10. The van der Waals surface area contributed by atoms with Gasteiger partial charge in [-0.1, -0.05) is 0 Å². The molecule has 1 aliphatic carbocycles. The molecule has 0 saturated heterocycles. The van der Waals surface area contributed by atoms with Gasteiger partial charge in [0.25, 0.3) is 0 Å². The molecule has 0 radical (unpaired) electrons. The molecule has 1 heterocycles. The number of Topliss-reactive ketones (excluding diaryl/α,β-unsaturated/α-hetero) is 2. The van der Waals surface area contributed by atoms with Crippen molar-refractivity contribution in [3.63, 3.8) is 0 Å². The Labute approximate surface area is 119 Å². The molecule has 0 aromatic heterocycles. The van der Waals surface area contributed by atoms with Gasteiger partial charge in [-0.25, -0.2) is 4.89 Å². The van der Waals surface area contributed by atoms with Crippen LogP contribution in [0.2, 0.25) is 0 Å². The number of ether oxygens (including phenoxy) is 1. The lowest BCUT2D eigenvalue weighted by Crippen LogP contribution is -2.67. The molecule has 20 heavy (non-hydrogen) atoms. The molecule has 1 aliphatic heterocycles. The minimum atomic E-state index is -1.49. The van der Waals surface area contributed by atoms with Crippen LogP contribution in [0.15, 0.2) is 11.6 Å². The van der Waals surface area contributed by atoms with Gasteiger partial charge in [0.1, 0.15) is 5.60 Å². The molecule has 1 unspecified atom stereocenters. The Hall–Kier alpha value is -1.04. The van der Waals surface area contributed by atoms with Gasteiger partial charge < -0.3 is 4.74 Å². The Bertz CT molecular complexity index is 512. The number of hydrogen-bond acceptors (Lipinski definition) is 5. The van der Waals surface area contributed by atoms with Crippen LogP contribution in [0.4, 0.5) is 0 Å². The Morgan fingerprint density at radius 3 is 2.05 bits per heavy atom. The predicted molar refractivity (Wildman–Crippen MR) is 71.6 cm³/mol. The molecule has 1 atom stereocenters. The molecule has 5 heteroatoms. The predicted octanol–water partition coefficient (Wildman–Crippen LogP) is 2.20. The molecule has 0 bridgehead atoms. The second-order valence-electron chi connectivity index (χ2n) is 7.06. The maximum atomic E-state index is 12.7. The van der Waals surface area contributed by atoms with Gasteiger partial charge in [0, 0.05) is 7.11 Å². The number of hydrogen-bond donors (Lipinski definition) is 0. The van der Waals surface area contributed by atoms with Gasteiger partial charge in [0.15, 0.2) is 11.6 Å². The van der Waals surface area contributed by atoms with Crippen molar-refractivity contribution in [3.05, 3.63) is 11.6 Å². The molecular formula is C15H22O5. The van der Waals surface area contributed by atoms with Crippen LogP contribution >= 0.6 is 0 Å². The first-order valence-electron chi connectivity index (χ1n) is 6.67. The van der Waals surface area contributed by atoms with E-state index in [1.807, 2.05) is 0 Å². The average molecular weight is 283 g/mol. The van der Waals surface area contributed by atoms with Crippen LogP contribution in [0.3, 0.4) is 0 Å². The Balaban J connectivity index is 2.75. The number of methoxy groups -OCH3 is 1. The standard InChI is InChI=1S/C15H22O5/c1-12(2)8-9-10(16)13(3,4)11(17)14(5,6)15(9,18-7)20-19-12/h8H,1-7H3/i15+1. The maximum Gasteiger partial charge on any atom is 0.242 e. The summed E-state index contributed by atoms with van der Waals surface area (Å²) >= 11 is 0. The van der Waals surface area contributed by atoms with Crippen LogP contribution in [-0.2, 0) is 24.1 Å². The average Bonchev–Trinajstić information content (AvgIpc) is 2.34. The lowest BCUT2D eigenvalue weighted by Gasteiger charge is -2.53. The first kappa shape index (κ1) is 15.4. The van der Waals surface area contributed by atoms with E-state index in [1.165, 1.54) is 7.11 Å². The zero-order valence-corrected chi connectivity index (χ0v) is 13.1. The van der Waals surface area contributed by atoms with Crippen molar-refractivity contribution in [1.82, 2.24) is 0 Å². The number of carbonyl (C=O) groups is 2. The Morgan fingerprint density at radius 1 is 1.00 bits per heavy atom. The third-order valence-electron chi connectivity index (χ3n) is 4.28. The lowest BCUT2D eigenvalue weighted by molar-refractivity contribution is -0.466. The highest BCUT2D eigenvalue weighted by molar-refractivity contribution is 6.19. The van der Waals surface area contributed by atoms with Crippen LogP contribution < -0.4 is 0 Å². The summed E-state index contributed by atoms with van der Waals surface area (Å²) in [5, 5.41) is 0. The van der Waals surface area contributed by atoms with Crippen molar-refractivity contribution in [3.8, 4) is 0 Å². The maximum absolute atomic E-state index is 12.7. The Kier molecular flexibility index (Phi) is 3.07. The smallest absolute Gasteiger partial charge is 0.242 e. The molecule has 112 valence electrons. The summed E-state index contributed by atoms with van der Waals surface area (Å²) < 4.78 is 5.47. The van der Waals surface area contributed by atoms with Crippen LogP contribution in [0.5, 0.6) is 0 Å². The quantitative estimate of drug-likeness (QED) is 0.419. The van der Waals surface area contributed by atoms with Crippen molar-refractivity contribution >= 4 is 11.6 Å². The highest BCUT2D eigenvalue weighted by Crippen LogP contribution is 2.54. The monoisotopic (exact) mass is 283 g/mol. The van der Waals surface area contributed by atoms with Crippen molar-refractivity contribution in [1.29, 1.82) is 0 Å². The van der Waals surface area contributed by atoms with Gasteiger partial charge in [-0.2, -0.15) is 4.89 Å². The molecular weight excluding hydrogens is 261 g/mol. The highest BCUT2D eigenvalue weighted by Gasteiger charge is 2.68. The summed E-state index contributed by atoms with van der Waals surface area (Å²) in [5.41, 5.74) is -2.54. The summed E-state index contributed by atoms with van der Waals surface area (Å²) in [4.78, 5) is 36.2. The second-order valence-corrected chi connectivity index (χ2v) is 7.06. The first-order chi connectivity index (χ1) is 8.92. The van der Waals surface area contributed by atoms with Crippen molar-refractivity contribution in [2.75, 3.05) is 7.11 Å². The molecule has 0 amide bonds. The largest absolute Gasteiger partial charge is 0.346 e. The normalized spacial score (nSPS) is 34.5. The lowest BCUT2D eigenvalue weighted by atomic mass is 9.66. The molecule has 2 rings (SSSR count). The minimum Gasteiger partial charge on any atom is -0.346 e. The van der Waals surface area contributed by atoms with E-state index < -0.39 is 22.2 Å². The van der Waals surface area contributed by atoms with Gasteiger partial charge in [0.05, 0.1) is 16.4 Å². The molecule has 1 fully saturated rings. The van der Waals surface area contributed by atoms with E-state index >= 15 is 0 Å². The van der Waals surface area contributed by atoms with Crippen molar-refractivity contribution in [2.24, 2.45) is 10.8 Å². The fraction of sp³-hybridized carbons (Fsp3) is 0.733. The third-order valence-corrected chi connectivity index (χ3v) is 4.28. The SMILES string of the molecule is CO[13C]12OOC(C)(C)C=C1C(=O)C(C)(C)C(=O)C2(C)C. The number of carbonyl (C=O) groups excluding carboxylic acids is 2. The van der Waals surface area contributed by atoms with Crippen molar-refractivity contribution in [2.45, 2.75) is 52.9 Å². The van der Waals surface area contributed by atoms with E-state index in [0.29, 0.717) is 5.57 Å². The number of ketones is 2. The van der Waals surface area contributed by atoms with Gasteiger partial charge in [-0.15, -0.1) is 0 Å². The van der Waals surface area contributed by atoms with Gasteiger partial charge in [-0.05, 0) is 47.6 Å². The van der Waals surface area contributed by atoms with E-state index in [-0.39, 0.29) is 11.6 Å². The van der Waals surface area contributed by atoms with Gasteiger partial charge >= 0.3 is 0 Å². The topological polar surface area (TPSA) is 61.8 Å². The summed E-state index contributed by atoms with van der Waals surface area (Å²) in [6, 6.07) is 0. The van der Waals surface area contributed by atoms with Crippen LogP contribution in [-0.4, -0.2) is 30.1 Å². The third kappa shape index (κ3) is 1.66. The molecule has 0 spiro atoms. The molecule has 5 nitrogen and oxygen atoms in total. The van der Waals surface area contributed by atoms with Crippen LogP contribution in [0.1, 0.15) is 41.5 Å². The molecule has 0 aromatic carbocycles. The van der Waals surface area contributed by atoms with E-state index in [9.17, 15) is 9.59 Å². The fourth-order valence-corrected chi connectivity index (χ4v) is 3.10. The minimum absolute atomic E-state index is 0.225. The molecule has 0 N–H and O–H groups in total. The van der Waals surface area contributed by atoms with Crippen LogP contribution in [0, 0.1) is 10.8 Å². The van der Waals surface area contributed by atoms with E-state index in [4.69, 9.17) is 14.5 Å². The Morgan fingerprint density at radius 2 is 1.55 bits per heavy atom. The van der Waals surface area contributed by atoms with E-state index in [2.05, 4.69) is 0 Å². The number of fused-ring (bicyclic) bond motifs is 1. The van der Waals surface area contributed by atoms with Gasteiger partial charge in [0.2, 0.25) is 5.79 Å². The zero-order chi connectivity index (χ0) is 15.6. The first-order valence-corrected chi connectivity index (χ1v) is 6.67. The van der Waals surface area contributed by atoms with Crippen LogP contribution in [0.25, 0.3) is 0 Å². The van der Waals surface area contributed by atoms with Gasteiger partial charge in [-0.3, -0.25) is 9.59 Å². The summed E-state index contributed by atoms with van der Waals surface area (Å²) in [7, 11) is 1.41. The molecule has 1 saturated carbocycles. The summed E-state index contributed by atoms with van der Waals surface area (Å²) in [5.74, 6) is -2.00. The van der Waals surface area contributed by atoms with E-state index in [0.717, 1.165) is 0 Å². The zero-order valence-electron chi connectivity index (χ0n) is 13.1. The highest BCUT2D eigenvalue weighted by atomic mass is 17.3. The van der Waals surface area contributed by atoms with E-state index in [1.54, 1.807) is 47.6 Å². The van der Waals surface area contributed by atoms with Crippen molar-refractivity contribution < 1.29 is 24.1 Å².